The van der Waals surface area contributed by atoms with Gasteiger partial charge in [-0.25, -0.2) is 8.78 Å². The molecule has 2 rings (SSSR count). The van der Waals surface area contributed by atoms with Gasteiger partial charge in [0.05, 0.1) is 0 Å². The Bertz CT molecular complexity index is 552. The SMILES string of the molecule is CCCc1ccccc1NCc1ccc(F)c(F)c1. The monoisotopic (exact) mass is 261 g/mol. The van der Waals surface area contributed by atoms with Crippen molar-refractivity contribution in [2.75, 3.05) is 5.32 Å². The predicted octanol–water partition coefficient (Wildman–Crippen LogP) is 4.53. The fourth-order valence-electron chi connectivity index (χ4n) is 2.03. The summed E-state index contributed by atoms with van der Waals surface area (Å²) in [4.78, 5) is 0. The van der Waals surface area contributed by atoms with Gasteiger partial charge in [0.1, 0.15) is 0 Å². The molecule has 0 amide bonds. The van der Waals surface area contributed by atoms with Gasteiger partial charge in [0.25, 0.3) is 0 Å². The average Bonchev–Trinajstić information content (AvgIpc) is 2.42. The lowest BCUT2D eigenvalue weighted by Gasteiger charge is -2.11. The first kappa shape index (κ1) is 13.5. The van der Waals surface area contributed by atoms with Gasteiger partial charge >= 0.3 is 0 Å². The van der Waals surface area contributed by atoms with Gasteiger partial charge in [0.15, 0.2) is 11.6 Å². The molecule has 0 fully saturated rings. The number of benzene rings is 2. The van der Waals surface area contributed by atoms with Crippen LogP contribution in [-0.4, -0.2) is 0 Å². The van der Waals surface area contributed by atoms with Crippen molar-refractivity contribution in [1.29, 1.82) is 0 Å². The minimum Gasteiger partial charge on any atom is -0.381 e. The van der Waals surface area contributed by atoms with Gasteiger partial charge in [0, 0.05) is 12.2 Å². The quantitative estimate of drug-likeness (QED) is 0.833. The highest BCUT2D eigenvalue weighted by Gasteiger charge is 2.04. The van der Waals surface area contributed by atoms with E-state index in [1.165, 1.54) is 11.6 Å². The maximum absolute atomic E-state index is 13.1. The predicted molar refractivity (Wildman–Crippen MR) is 74.1 cm³/mol. The topological polar surface area (TPSA) is 12.0 Å². The Kier molecular flexibility index (Phi) is 4.50. The molecular weight excluding hydrogens is 244 g/mol. The van der Waals surface area contributed by atoms with Crippen molar-refractivity contribution >= 4 is 5.69 Å². The number of rotatable bonds is 5. The largest absolute Gasteiger partial charge is 0.381 e. The smallest absolute Gasteiger partial charge is 0.159 e. The van der Waals surface area contributed by atoms with E-state index >= 15 is 0 Å². The van der Waals surface area contributed by atoms with E-state index in [0.29, 0.717) is 6.54 Å². The average molecular weight is 261 g/mol. The maximum Gasteiger partial charge on any atom is 0.159 e. The maximum atomic E-state index is 13.1. The van der Waals surface area contributed by atoms with E-state index in [-0.39, 0.29) is 0 Å². The molecular formula is C16H17F2N. The first-order valence-electron chi connectivity index (χ1n) is 6.46. The van der Waals surface area contributed by atoms with Crippen LogP contribution in [-0.2, 0) is 13.0 Å². The van der Waals surface area contributed by atoms with E-state index in [4.69, 9.17) is 0 Å². The number of para-hydroxylation sites is 1. The molecule has 2 aromatic carbocycles. The van der Waals surface area contributed by atoms with Crippen LogP contribution in [0.15, 0.2) is 42.5 Å². The highest BCUT2D eigenvalue weighted by Crippen LogP contribution is 2.18. The molecule has 0 heterocycles. The normalized spacial score (nSPS) is 10.5. The van der Waals surface area contributed by atoms with Gasteiger partial charge in [-0.2, -0.15) is 0 Å². The fraction of sp³-hybridized carbons (Fsp3) is 0.250. The molecule has 0 radical (unpaired) electrons. The van der Waals surface area contributed by atoms with Gasteiger partial charge in [-0.3, -0.25) is 0 Å². The van der Waals surface area contributed by atoms with Crippen molar-refractivity contribution in [3.63, 3.8) is 0 Å². The van der Waals surface area contributed by atoms with E-state index in [2.05, 4.69) is 18.3 Å². The lowest BCUT2D eigenvalue weighted by Crippen LogP contribution is -2.03. The number of halogens is 2. The molecule has 0 aliphatic heterocycles. The molecule has 0 spiro atoms. The summed E-state index contributed by atoms with van der Waals surface area (Å²) in [6, 6.07) is 12.0. The number of aryl methyl sites for hydroxylation is 1. The standard InChI is InChI=1S/C16H17F2N/c1-2-5-13-6-3-4-7-16(13)19-11-12-8-9-14(17)15(18)10-12/h3-4,6-10,19H,2,5,11H2,1H3. The van der Waals surface area contributed by atoms with Crippen molar-refractivity contribution in [3.05, 3.63) is 65.2 Å². The molecule has 0 aromatic heterocycles. The summed E-state index contributed by atoms with van der Waals surface area (Å²) in [6.07, 6.45) is 2.07. The Hall–Kier alpha value is -1.90. The zero-order valence-corrected chi connectivity index (χ0v) is 10.9. The van der Waals surface area contributed by atoms with Gasteiger partial charge in [-0.1, -0.05) is 37.6 Å². The number of nitrogens with one attached hydrogen (secondary N) is 1. The lowest BCUT2D eigenvalue weighted by atomic mass is 10.1. The highest BCUT2D eigenvalue weighted by molar-refractivity contribution is 5.51. The molecule has 3 heteroatoms. The van der Waals surface area contributed by atoms with Crippen molar-refractivity contribution in [1.82, 2.24) is 0 Å². The molecule has 0 unspecified atom stereocenters. The fourth-order valence-corrected chi connectivity index (χ4v) is 2.03. The van der Waals surface area contributed by atoms with Crippen LogP contribution in [0.4, 0.5) is 14.5 Å². The van der Waals surface area contributed by atoms with Crippen LogP contribution in [0.3, 0.4) is 0 Å². The number of hydrogen-bond donors (Lipinski definition) is 1. The second kappa shape index (κ2) is 6.32. The third-order valence-corrected chi connectivity index (χ3v) is 3.00. The Balaban J connectivity index is 2.07. The summed E-state index contributed by atoms with van der Waals surface area (Å²) in [5.74, 6) is -1.61. The third-order valence-electron chi connectivity index (χ3n) is 3.00. The zero-order valence-electron chi connectivity index (χ0n) is 10.9. The summed E-state index contributed by atoms with van der Waals surface area (Å²) in [7, 11) is 0. The molecule has 1 N–H and O–H groups in total. The summed E-state index contributed by atoms with van der Waals surface area (Å²) in [5.41, 5.74) is 3.02. The lowest BCUT2D eigenvalue weighted by molar-refractivity contribution is 0.507. The van der Waals surface area contributed by atoms with Crippen LogP contribution in [0, 0.1) is 11.6 Å². The Morgan fingerprint density at radius 3 is 2.53 bits per heavy atom. The second-order valence-electron chi connectivity index (χ2n) is 4.51. The first-order chi connectivity index (χ1) is 9.20. The van der Waals surface area contributed by atoms with E-state index < -0.39 is 11.6 Å². The summed E-state index contributed by atoms with van der Waals surface area (Å²) in [6.45, 7) is 2.62. The van der Waals surface area contributed by atoms with Crippen molar-refractivity contribution in [2.24, 2.45) is 0 Å². The van der Waals surface area contributed by atoms with Crippen LogP contribution in [0.1, 0.15) is 24.5 Å². The molecule has 0 aliphatic rings. The van der Waals surface area contributed by atoms with Gasteiger partial charge in [-0.05, 0) is 35.7 Å². The minimum absolute atomic E-state index is 0.484. The van der Waals surface area contributed by atoms with Crippen LogP contribution in [0.5, 0.6) is 0 Å². The number of hydrogen-bond acceptors (Lipinski definition) is 1. The van der Waals surface area contributed by atoms with E-state index in [1.54, 1.807) is 6.07 Å². The van der Waals surface area contributed by atoms with E-state index in [9.17, 15) is 8.78 Å². The first-order valence-corrected chi connectivity index (χ1v) is 6.46. The molecule has 0 saturated heterocycles. The Morgan fingerprint density at radius 1 is 1.00 bits per heavy atom. The van der Waals surface area contributed by atoms with Gasteiger partial charge < -0.3 is 5.32 Å². The number of anilines is 1. The van der Waals surface area contributed by atoms with Crippen LogP contribution in [0.2, 0.25) is 0 Å². The molecule has 0 bridgehead atoms. The van der Waals surface area contributed by atoms with Crippen LogP contribution >= 0.6 is 0 Å². The summed E-state index contributed by atoms with van der Waals surface area (Å²) < 4.78 is 25.9. The molecule has 19 heavy (non-hydrogen) atoms. The van der Waals surface area contributed by atoms with Gasteiger partial charge in [-0.15, -0.1) is 0 Å². The highest BCUT2D eigenvalue weighted by atomic mass is 19.2. The molecule has 100 valence electrons. The van der Waals surface area contributed by atoms with Crippen molar-refractivity contribution in [3.8, 4) is 0 Å². The molecule has 0 atom stereocenters. The molecule has 0 aliphatic carbocycles. The van der Waals surface area contributed by atoms with E-state index in [1.807, 2.05) is 18.2 Å². The molecule has 1 nitrogen and oxygen atoms in total. The van der Waals surface area contributed by atoms with Crippen LogP contribution < -0.4 is 5.32 Å². The van der Waals surface area contributed by atoms with Crippen molar-refractivity contribution in [2.45, 2.75) is 26.3 Å². The Labute approximate surface area is 112 Å². The van der Waals surface area contributed by atoms with Crippen LogP contribution in [0.25, 0.3) is 0 Å². The Morgan fingerprint density at radius 2 is 1.79 bits per heavy atom. The molecule has 2 aromatic rings. The third kappa shape index (κ3) is 3.53. The minimum atomic E-state index is -0.810. The van der Waals surface area contributed by atoms with Gasteiger partial charge in [0.2, 0.25) is 0 Å². The van der Waals surface area contributed by atoms with Crippen molar-refractivity contribution < 1.29 is 8.78 Å². The molecule has 0 saturated carbocycles. The second-order valence-corrected chi connectivity index (χ2v) is 4.51. The zero-order chi connectivity index (χ0) is 13.7. The van der Waals surface area contributed by atoms with E-state index in [0.717, 1.165) is 30.2 Å². The summed E-state index contributed by atoms with van der Waals surface area (Å²) >= 11 is 0. The summed E-state index contributed by atoms with van der Waals surface area (Å²) in [5, 5.41) is 3.27.